The van der Waals surface area contributed by atoms with E-state index in [0.29, 0.717) is 0 Å². The molecule has 1 N–H and O–H groups in total. The molecule has 0 heterocycles. The first-order chi connectivity index (χ1) is 7.84. The minimum atomic E-state index is 0. The summed E-state index contributed by atoms with van der Waals surface area (Å²) in [5, 5.41) is 4.14. The van der Waals surface area contributed by atoms with E-state index >= 15 is 0 Å². The Morgan fingerprint density at radius 1 is 1.24 bits per heavy atom. The lowest BCUT2D eigenvalue weighted by atomic mass is 10.2. The van der Waals surface area contributed by atoms with Crippen LogP contribution in [-0.2, 0) is 11.3 Å². The molecule has 1 fully saturated rings. The minimum absolute atomic E-state index is 0. The molecule has 96 valence electrons. The second kappa shape index (κ2) is 7.93. The van der Waals surface area contributed by atoms with Crippen molar-refractivity contribution in [2.75, 3.05) is 19.8 Å². The predicted molar refractivity (Wildman–Crippen MR) is 73.9 cm³/mol. The van der Waals surface area contributed by atoms with E-state index in [0.717, 1.165) is 37.2 Å². The standard InChI is InChI=1S/C13H18ClNO.ClH/c14-13-5-3-11(4-6-13)9-15-7-8-16-10-12-1-2-12;/h3-6,12,15H,1-2,7-10H2;1H. The molecular weight excluding hydrogens is 257 g/mol. The Morgan fingerprint density at radius 3 is 2.59 bits per heavy atom. The molecule has 1 aromatic carbocycles. The van der Waals surface area contributed by atoms with Crippen molar-refractivity contribution in [3.8, 4) is 0 Å². The Labute approximate surface area is 114 Å². The van der Waals surface area contributed by atoms with Crippen LogP contribution in [-0.4, -0.2) is 19.8 Å². The van der Waals surface area contributed by atoms with Crippen LogP contribution in [0.4, 0.5) is 0 Å². The molecule has 0 saturated heterocycles. The maximum absolute atomic E-state index is 5.81. The number of benzene rings is 1. The van der Waals surface area contributed by atoms with Crippen LogP contribution >= 0.6 is 24.0 Å². The van der Waals surface area contributed by atoms with Gasteiger partial charge < -0.3 is 10.1 Å². The van der Waals surface area contributed by atoms with E-state index in [-0.39, 0.29) is 12.4 Å². The van der Waals surface area contributed by atoms with Crippen molar-refractivity contribution < 1.29 is 4.74 Å². The van der Waals surface area contributed by atoms with Crippen molar-refractivity contribution in [2.45, 2.75) is 19.4 Å². The zero-order chi connectivity index (χ0) is 11.2. The molecule has 4 heteroatoms. The highest BCUT2D eigenvalue weighted by Gasteiger charge is 2.20. The first-order valence-corrected chi connectivity index (χ1v) is 6.25. The van der Waals surface area contributed by atoms with Crippen LogP contribution in [0.2, 0.25) is 5.02 Å². The first kappa shape index (κ1) is 14.8. The highest BCUT2D eigenvalue weighted by Crippen LogP contribution is 2.28. The average Bonchev–Trinajstić information content (AvgIpc) is 3.10. The number of halogens is 2. The SMILES string of the molecule is Cl.Clc1ccc(CNCCOCC2CC2)cc1. The Hall–Kier alpha value is -0.280. The van der Waals surface area contributed by atoms with Gasteiger partial charge in [0.2, 0.25) is 0 Å². The molecule has 2 nitrogen and oxygen atoms in total. The summed E-state index contributed by atoms with van der Waals surface area (Å²) in [5.74, 6) is 0.858. The fourth-order valence-corrected chi connectivity index (χ4v) is 1.64. The number of rotatable bonds is 7. The monoisotopic (exact) mass is 275 g/mol. The van der Waals surface area contributed by atoms with Gasteiger partial charge in [0, 0.05) is 24.7 Å². The third kappa shape index (κ3) is 6.27. The molecular formula is C13H19Cl2NO. The van der Waals surface area contributed by atoms with Crippen LogP contribution in [0, 0.1) is 5.92 Å². The highest BCUT2D eigenvalue weighted by molar-refractivity contribution is 6.30. The van der Waals surface area contributed by atoms with Crippen LogP contribution < -0.4 is 5.32 Å². The predicted octanol–water partition coefficient (Wildman–Crippen LogP) is 3.28. The number of hydrogen-bond donors (Lipinski definition) is 1. The highest BCUT2D eigenvalue weighted by atomic mass is 35.5. The lowest BCUT2D eigenvalue weighted by Gasteiger charge is -2.05. The Morgan fingerprint density at radius 2 is 1.94 bits per heavy atom. The second-order valence-electron chi connectivity index (χ2n) is 4.32. The van der Waals surface area contributed by atoms with Crippen molar-refractivity contribution in [1.29, 1.82) is 0 Å². The summed E-state index contributed by atoms with van der Waals surface area (Å²) in [6.45, 7) is 3.55. The third-order valence-corrected chi connectivity index (χ3v) is 2.97. The van der Waals surface area contributed by atoms with Crippen LogP contribution in [0.5, 0.6) is 0 Å². The van der Waals surface area contributed by atoms with Gasteiger partial charge in [0.1, 0.15) is 0 Å². The summed E-state index contributed by atoms with van der Waals surface area (Å²) >= 11 is 5.81. The van der Waals surface area contributed by atoms with Gasteiger partial charge in [-0.3, -0.25) is 0 Å². The molecule has 0 bridgehead atoms. The van der Waals surface area contributed by atoms with E-state index in [9.17, 15) is 0 Å². The Balaban J connectivity index is 0.00000144. The quantitative estimate of drug-likeness (QED) is 0.772. The van der Waals surface area contributed by atoms with Crippen LogP contribution in [0.25, 0.3) is 0 Å². The summed E-state index contributed by atoms with van der Waals surface area (Å²) < 4.78 is 5.53. The van der Waals surface area contributed by atoms with Gasteiger partial charge in [0.25, 0.3) is 0 Å². The second-order valence-corrected chi connectivity index (χ2v) is 4.76. The first-order valence-electron chi connectivity index (χ1n) is 5.87. The molecule has 1 aliphatic rings. The molecule has 0 spiro atoms. The van der Waals surface area contributed by atoms with Crippen molar-refractivity contribution in [2.24, 2.45) is 5.92 Å². The topological polar surface area (TPSA) is 21.3 Å². The Bertz CT molecular complexity index is 312. The molecule has 1 saturated carbocycles. The van der Waals surface area contributed by atoms with Gasteiger partial charge in [-0.15, -0.1) is 12.4 Å². The zero-order valence-electron chi connectivity index (χ0n) is 9.82. The van der Waals surface area contributed by atoms with E-state index in [1.807, 2.05) is 24.3 Å². The van der Waals surface area contributed by atoms with Crippen LogP contribution in [0.1, 0.15) is 18.4 Å². The van der Waals surface area contributed by atoms with Crippen LogP contribution in [0.15, 0.2) is 24.3 Å². The van der Waals surface area contributed by atoms with Crippen LogP contribution in [0.3, 0.4) is 0 Å². The molecule has 0 atom stereocenters. The summed E-state index contributed by atoms with van der Waals surface area (Å²) in [4.78, 5) is 0. The van der Waals surface area contributed by atoms with E-state index in [1.165, 1.54) is 18.4 Å². The van der Waals surface area contributed by atoms with E-state index < -0.39 is 0 Å². The number of nitrogens with one attached hydrogen (secondary N) is 1. The van der Waals surface area contributed by atoms with E-state index in [4.69, 9.17) is 16.3 Å². The van der Waals surface area contributed by atoms with Gasteiger partial charge in [-0.1, -0.05) is 23.7 Å². The number of ether oxygens (including phenoxy) is 1. The maximum Gasteiger partial charge on any atom is 0.0591 e. The average molecular weight is 276 g/mol. The van der Waals surface area contributed by atoms with E-state index in [2.05, 4.69) is 5.32 Å². The van der Waals surface area contributed by atoms with Gasteiger partial charge >= 0.3 is 0 Å². The van der Waals surface area contributed by atoms with Crippen molar-refractivity contribution >= 4 is 24.0 Å². The summed E-state index contributed by atoms with van der Waals surface area (Å²) in [6.07, 6.45) is 2.72. The number of hydrogen-bond acceptors (Lipinski definition) is 2. The maximum atomic E-state index is 5.81. The molecule has 0 amide bonds. The van der Waals surface area contributed by atoms with Gasteiger partial charge in [-0.25, -0.2) is 0 Å². The molecule has 0 radical (unpaired) electrons. The molecule has 0 aliphatic heterocycles. The minimum Gasteiger partial charge on any atom is -0.380 e. The molecule has 17 heavy (non-hydrogen) atoms. The molecule has 0 unspecified atom stereocenters. The van der Waals surface area contributed by atoms with Crippen molar-refractivity contribution in [3.63, 3.8) is 0 Å². The summed E-state index contributed by atoms with van der Waals surface area (Å²) in [7, 11) is 0. The summed E-state index contributed by atoms with van der Waals surface area (Å²) in [5.41, 5.74) is 1.26. The molecule has 1 aromatic rings. The van der Waals surface area contributed by atoms with E-state index in [1.54, 1.807) is 0 Å². The van der Waals surface area contributed by atoms with Crippen molar-refractivity contribution in [3.05, 3.63) is 34.9 Å². The lowest BCUT2D eigenvalue weighted by molar-refractivity contribution is 0.126. The fourth-order valence-electron chi connectivity index (χ4n) is 1.51. The largest absolute Gasteiger partial charge is 0.380 e. The smallest absolute Gasteiger partial charge is 0.0591 e. The lowest BCUT2D eigenvalue weighted by Crippen LogP contribution is -2.19. The van der Waals surface area contributed by atoms with Gasteiger partial charge in [-0.05, 0) is 36.5 Å². The fraction of sp³-hybridized carbons (Fsp3) is 0.538. The Kier molecular flexibility index (Phi) is 6.90. The third-order valence-electron chi connectivity index (χ3n) is 2.72. The van der Waals surface area contributed by atoms with Gasteiger partial charge in [0.05, 0.1) is 6.61 Å². The molecule has 0 aromatic heterocycles. The summed E-state index contributed by atoms with van der Waals surface area (Å²) in [6, 6.07) is 7.92. The van der Waals surface area contributed by atoms with Gasteiger partial charge in [0.15, 0.2) is 0 Å². The molecule has 1 aliphatic carbocycles. The normalized spacial score (nSPS) is 14.4. The molecule has 2 rings (SSSR count). The zero-order valence-corrected chi connectivity index (χ0v) is 11.4. The van der Waals surface area contributed by atoms with Gasteiger partial charge in [-0.2, -0.15) is 0 Å². The van der Waals surface area contributed by atoms with Crippen molar-refractivity contribution in [1.82, 2.24) is 5.32 Å².